The minimum atomic E-state index is -0.883. The molecule has 2 unspecified atom stereocenters. The van der Waals surface area contributed by atoms with Crippen molar-refractivity contribution in [2.24, 2.45) is 0 Å². The van der Waals surface area contributed by atoms with Crippen molar-refractivity contribution in [3.8, 4) is 0 Å². The molecule has 0 aromatic carbocycles. The molecule has 2 saturated heterocycles. The number of carboxylic acid groups (broad SMARTS) is 1. The van der Waals surface area contributed by atoms with E-state index in [0.717, 1.165) is 17.8 Å². The third-order valence-electron chi connectivity index (χ3n) is 4.75. The third kappa shape index (κ3) is 2.42. The normalized spacial score (nSPS) is 30.2. The van der Waals surface area contributed by atoms with Crippen molar-refractivity contribution in [2.75, 3.05) is 12.4 Å². The van der Waals surface area contributed by atoms with Gasteiger partial charge in [-0.15, -0.1) is 0 Å². The fourth-order valence-corrected chi connectivity index (χ4v) is 4.50. The highest BCUT2D eigenvalue weighted by molar-refractivity contribution is 7.10. The predicted octanol–water partition coefficient (Wildman–Crippen LogP) is 2.58. The number of rotatable bonds is 3. The van der Waals surface area contributed by atoms with E-state index in [0.29, 0.717) is 29.4 Å². The van der Waals surface area contributed by atoms with Crippen LogP contribution in [0.5, 0.6) is 0 Å². The molecule has 0 aliphatic carbocycles. The van der Waals surface area contributed by atoms with E-state index in [9.17, 15) is 9.90 Å². The van der Waals surface area contributed by atoms with E-state index < -0.39 is 5.97 Å². The minimum absolute atomic E-state index is 0.346. The standard InChI is InChI=1S/C14H21N3O2S/c1-8-12(14(18)19)13(20-16-8)15-9-6-10-4-3-5-11(7-9)17(10)2/h9-11,15H,3-7H2,1-2H3,(H,18,19). The van der Waals surface area contributed by atoms with Crippen LogP contribution in [0.3, 0.4) is 0 Å². The lowest BCUT2D eigenvalue weighted by molar-refractivity contribution is 0.0608. The highest BCUT2D eigenvalue weighted by atomic mass is 32.1. The second-order valence-electron chi connectivity index (χ2n) is 5.99. The van der Waals surface area contributed by atoms with Gasteiger partial charge in [-0.1, -0.05) is 6.42 Å². The molecule has 6 heteroatoms. The summed E-state index contributed by atoms with van der Waals surface area (Å²) in [4.78, 5) is 13.8. The molecule has 20 heavy (non-hydrogen) atoms. The van der Waals surface area contributed by atoms with Crippen molar-refractivity contribution in [2.45, 2.75) is 57.2 Å². The Balaban J connectivity index is 1.74. The molecule has 110 valence electrons. The number of hydrogen-bond acceptors (Lipinski definition) is 5. The van der Waals surface area contributed by atoms with Gasteiger partial charge < -0.3 is 15.3 Å². The summed E-state index contributed by atoms with van der Waals surface area (Å²) in [6.45, 7) is 1.76. The minimum Gasteiger partial charge on any atom is -0.478 e. The molecule has 0 radical (unpaired) electrons. The SMILES string of the molecule is Cc1nsc(NC2CC3CCCC(C2)N3C)c1C(=O)O. The van der Waals surface area contributed by atoms with Crippen molar-refractivity contribution >= 4 is 22.5 Å². The number of piperidine rings is 2. The first-order valence-corrected chi connectivity index (χ1v) is 8.01. The van der Waals surface area contributed by atoms with Gasteiger partial charge in [0, 0.05) is 18.1 Å². The van der Waals surface area contributed by atoms with Gasteiger partial charge in [0.1, 0.15) is 10.6 Å². The Labute approximate surface area is 123 Å². The molecule has 3 heterocycles. The van der Waals surface area contributed by atoms with E-state index >= 15 is 0 Å². The molecule has 2 bridgehead atoms. The highest BCUT2D eigenvalue weighted by Gasteiger charge is 2.36. The number of nitrogens with zero attached hydrogens (tertiary/aromatic N) is 2. The van der Waals surface area contributed by atoms with E-state index in [1.807, 2.05) is 0 Å². The number of aromatic nitrogens is 1. The highest BCUT2D eigenvalue weighted by Crippen LogP contribution is 2.35. The van der Waals surface area contributed by atoms with Crippen molar-refractivity contribution < 1.29 is 9.90 Å². The fraction of sp³-hybridized carbons (Fsp3) is 0.714. The molecular weight excluding hydrogens is 274 g/mol. The number of nitrogens with one attached hydrogen (secondary N) is 1. The predicted molar refractivity (Wildman–Crippen MR) is 79.6 cm³/mol. The molecule has 2 atom stereocenters. The van der Waals surface area contributed by atoms with Crippen LogP contribution in [0.1, 0.15) is 48.2 Å². The number of carboxylic acids is 1. The summed E-state index contributed by atoms with van der Waals surface area (Å²) in [6.07, 6.45) is 6.05. The van der Waals surface area contributed by atoms with Gasteiger partial charge in [-0.25, -0.2) is 4.79 Å². The number of aromatic carboxylic acids is 1. The molecule has 1 aromatic rings. The largest absolute Gasteiger partial charge is 0.478 e. The first-order valence-electron chi connectivity index (χ1n) is 7.24. The lowest BCUT2D eigenvalue weighted by Gasteiger charge is -2.47. The lowest BCUT2D eigenvalue weighted by Crippen LogP contribution is -2.52. The molecular formula is C14H21N3O2S. The summed E-state index contributed by atoms with van der Waals surface area (Å²) in [7, 11) is 2.23. The van der Waals surface area contributed by atoms with E-state index in [2.05, 4.69) is 21.6 Å². The van der Waals surface area contributed by atoms with E-state index in [1.54, 1.807) is 6.92 Å². The van der Waals surface area contributed by atoms with Gasteiger partial charge in [0.05, 0.1) is 5.69 Å². The van der Waals surface area contributed by atoms with Crippen molar-refractivity contribution in [3.63, 3.8) is 0 Å². The number of hydrogen-bond donors (Lipinski definition) is 2. The Hall–Kier alpha value is -1.14. The van der Waals surface area contributed by atoms with Gasteiger partial charge in [0.25, 0.3) is 0 Å². The quantitative estimate of drug-likeness (QED) is 0.897. The lowest BCUT2D eigenvalue weighted by atomic mass is 9.82. The van der Waals surface area contributed by atoms with Gasteiger partial charge in [0.15, 0.2) is 0 Å². The molecule has 2 aliphatic rings. The van der Waals surface area contributed by atoms with Gasteiger partial charge in [-0.2, -0.15) is 4.37 Å². The zero-order valence-electron chi connectivity index (χ0n) is 11.9. The second-order valence-corrected chi connectivity index (χ2v) is 6.77. The molecule has 3 rings (SSSR count). The Bertz CT molecular complexity index is 503. The number of fused-ring (bicyclic) bond motifs is 2. The van der Waals surface area contributed by atoms with Crippen LogP contribution in [0.4, 0.5) is 5.00 Å². The molecule has 1 aromatic heterocycles. The third-order valence-corrected chi connectivity index (χ3v) is 5.62. The van der Waals surface area contributed by atoms with Crippen LogP contribution in [0.2, 0.25) is 0 Å². The van der Waals surface area contributed by atoms with E-state index in [1.165, 1.54) is 30.8 Å². The molecule has 0 spiro atoms. The molecule has 2 N–H and O–H groups in total. The number of carbonyl (C=O) groups is 1. The van der Waals surface area contributed by atoms with Crippen molar-refractivity contribution in [1.29, 1.82) is 0 Å². The molecule has 2 fully saturated rings. The topological polar surface area (TPSA) is 65.5 Å². The van der Waals surface area contributed by atoms with Gasteiger partial charge >= 0.3 is 5.97 Å². The summed E-state index contributed by atoms with van der Waals surface area (Å²) in [6, 6.07) is 1.66. The maximum atomic E-state index is 11.3. The first-order chi connectivity index (χ1) is 9.56. The van der Waals surface area contributed by atoms with Crippen LogP contribution in [0, 0.1) is 6.92 Å². The zero-order valence-corrected chi connectivity index (χ0v) is 12.7. The molecule has 0 saturated carbocycles. The molecule has 0 amide bonds. The summed E-state index contributed by atoms with van der Waals surface area (Å²) < 4.78 is 4.18. The summed E-state index contributed by atoms with van der Waals surface area (Å²) in [5.41, 5.74) is 0.956. The maximum absolute atomic E-state index is 11.3. The van der Waals surface area contributed by atoms with Crippen LogP contribution < -0.4 is 5.32 Å². The van der Waals surface area contributed by atoms with Crippen molar-refractivity contribution in [1.82, 2.24) is 9.27 Å². The Morgan fingerprint density at radius 1 is 1.40 bits per heavy atom. The van der Waals surface area contributed by atoms with Crippen LogP contribution in [-0.4, -0.2) is 45.5 Å². The molecule has 2 aliphatic heterocycles. The summed E-state index contributed by atoms with van der Waals surface area (Å²) >= 11 is 1.27. The summed E-state index contributed by atoms with van der Waals surface area (Å²) in [5, 5.41) is 13.5. The van der Waals surface area contributed by atoms with Crippen LogP contribution in [0.25, 0.3) is 0 Å². The molecule has 5 nitrogen and oxygen atoms in total. The van der Waals surface area contributed by atoms with Crippen LogP contribution >= 0.6 is 11.5 Å². The van der Waals surface area contributed by atoms with Gasteiger partial charge in [-0.05, 0) is 51.2 Å². The number of anilines is 1. The first kappa shape index (κ1) is 13.8. The smallest absolute Gasteiger partial charge is 0.340 e. The van der Waals surface area contributed by atoms with Crippen LogP contribution in [-0.2, 0) is 0 Å². The fourth-order valence-electron chi connectivity index (χ4n) is 3.64. The zero-order chi connectivity index (χ0) is 14.3. The second kappa shape index (κ2) is 5.33. The monoisotopic (exact) mass is 295 g/mol. The van der Waals surface area contributed by atoms with E-state index in [-0.39, 0.29) is 0 Å². The Morgan fingerprint density at radius 2 is 2.05 bits per heavy atom. The number of aryl methyl sites for hydroxylation is 1. The average Bonchev–Trinajstić information content (AvgIpc) is 2.72. The Morgan fingerprint density at radius 3 is 2.65 bits per heavy atom. The van der Waals surface area contributed by atoms with E-state index in [4.69, 9.17) is 0 Å². The van der Waals surface area contributed by atoms with Gasteiger partial charge in [-0.3, -0.25) is 0 Å². The van der Waals surface area contributed by atoms with Crippen molar-refractivity contribution in [3.05, 3.63) is 11.3 Å². The van der Waals surface area contributed by atoms with Crippen LogP contribution in [0.15, 0.2) is 0 Å². The average molecular weight is 295 g/mol. The maximum Gasteiger partial charge on any atom is 0.340 e. The Kier molecular flexibility index (Phi) is 3.69. The van der Waals surface area contributed by atoms with Gasteiger partial charge in [0.2, 0.25) is 0 Å². The summed E-state index contributed by atoms with van der Waals surface area (Å²) in [5.74, 6) is -0.883.